The molecule has 21 heavy (non-hydrogen) atoms. The van der Waals surface area contributed by atoms with Crippen molar-refractivity contribution < 1.29 is 19.4 Å². The Morgan fingerprint density at radius 2 is 2.14 bits per heavy atom. The maximum Gasteiger partial charge on any atom is 0.334 e. The lowest BCUT2D eigenvalue weighted by molar-refractivity contribution is -0.159. The predicted octanol–water partition coefficient (Wildman–Crippen LogP) is 1.33. The first-order valence-electron chi connectivity index (χ1n) is 6.99. The smallest absolute Gasteiger partial charge is 0.334 e. The largest absolute Gasteiger partial charge is 0.479 e. The number of carboxylic acids is 1. The molecule has 1 aromatic rings. The van der Waals surface area contributed by atoms with E-state index in [2.05, 4.69) is 6.07 Å². The van der Waals surface area contributed by atoms with Gasteiger partial charge in [-0.15, -0.1) is 11.8 Å². The average Bonchev–Trinajstić information content (AvgIpc) is 2.53. The number of aryl methyl sites for hydroxylation is 1. The van der Waals surface area contributed by atoms with E-state index in [1.807, 2.05) is 18.2 Å². The van der Waals surface area contributed by atoms with Gasteiger partial charge in [0.05, 0.1) is 13.2 Å². The molecule has 112 valence electrons. The molecule has 5 nitrogen and oxygen atoms in total. The molecule has 2 heterocycles. The number of thioether (sulfide) groups is 1. The molecule has 1 amide bonds. The summed E-state index contributed by atoms with van der Waals surface area (Å²) in [5, 5.41) is 8.82. The van der Waals surface area contributed by atoms with Gasteiger partial charge in [-0.2, -0.15) is 0 Å². The first-order chi connectivity index (χ1) is 10.2. The van der Waals surface area contributed by atoms with Crippen LogP contribution in [0.3, 0.4) is 0 Å². The molecule has 6 heteroatoms. The molecule has 2 atom stereocenters. The van der Waals surface area contributed by atoms with Crippen LogP contribution in [0.4, 0.5) is 0 Å². The fraction of sp³-hybridized carbons (Fsp3) is 0.467. The third-order valence-corrected chi connectivity index (χ3v) is 5.10. The third-order valence-electron chi connectivity index (χ3n) is 3.87. The number of rotatable bonds is 2. The Morgan fingerprint density at radius 1 is 1.33 bits per heavy atom. The number of carbonyl (C=O) groups is 2. The second-order valence-corrected chi connectivity index (χ2v) is 6.39. The summed E-state index contributed by atoms with van der Waals surface area (Å²) in [4.78, 5) is 25.4. The summed E-state index contributed by atoms with van der Waals surface area (Å²) < 4.78 is 5.18. The molecule has 1 aromatic carbocycles. The first-order valence-corrected chi connectivity index (χ1v) is 8.04. The van der Waals surface area contributed by atoms with Crippen molar-refractivity contribution in [2.45, 2.75) is 17.8 Å². The molecule has 0 radical (unpaired) electrons. The van der Waals surface area contributed by atoms with E-state index in [1.54, 1.807) is 16.7 Å². The highest BCUT2D eigenvalue weighted by molar-refractivity contribution is 8.00. The van der Waals surface area contributed by atoms with E-state index < -0.39 is 12.1 Å². The van der Waals surface area contributed by atoms with Crippen LogP contribution in [0.15, 0.2) is 24.3 Å². The summed E-state index contributed by atoms with van der Waals surface area (Å²) >= 11 is 1.64. The maximum absolute atomic E-state index is 12.7. The highest BCUT2D eigenvalue weighted by Gasteiger charge is 2.35. The summed E-state index contributed by atoms with van der Waals surface area (Å²) in [6.07, 6.45) is 0.0670. The molecular formula is C15H17NO4S. The molecule has 0 aromatic heterocycles. The summed E-state index contributed by atoms with van der Waals surface area (Å²) in [7, 11) is 0. The maximum atomic E-state index is 12.7. The van der Waals surface area contributed by atoms with Crippen LogP contribution in [-0.4, -0.2) is 53.4 Å². The van der Waals surface area contributed by atoms with Gasteiger partial charge in [-0.05, 0) is 23.3 Å². The van der Waals surface area contributed by atoms with Crippen molar-refractivity contribution in [1.29, 1.82) is 0 Å². The molecule has 2 unspecified atom stereocenters. The Balaban J connectivity index is 1.78. The molecule has 3 rings (SSSR count). The summed E-state index contributed by atoms with van der Waals surface area (Å²) in [6.45, 7) is 0.872. The van der Waals surface area contributed by atoms with Crippen LogP contribution in [0, 0.1) is 0 Å². The Kier molecular flexibility index (Phi) is 4.17. The zero-order valence-corrected chi connectivity index (χ0v) is 12.3. The third kappa shape index (κ3) is 2.91. The number of amides is 1. The minimum absolute atomic E-state index is 0.00157. The van der Waals surface area contributed by atoms with E-state index in [9.17, 15) is 9.59 Å². The van der Waals surface area contributed by atoms with E-state index in [0.717, 1.165) is 17.7 Å². The van der Waals surface area contributed by atoms with Crippen LogP contribution < -0.4 is 0 Å². The average molecular weight is 307 g/mol. The molecule has 2 aliphatic heterocycles. The van der Waals surface area contributed by atoms with Crippen LogP contribution >= 0.6 is 11.8 Å². The molecule has 1 N–H and O–H groups in total. The van der Waals surface area contributed by atoms with Crippen molar-refractivity contribution in [3.05, 3.63) is 35.4 Å². The number of fused-ring (bicyclic) bond motifs is 1. The van der Waals surface area contributed by atoms with Crippen molar-refractivity contribution in [2.75, 3.05) is 25.4 Å². The standard InChI is InChI=1S/C15H17NO4S/c17-14(16-6-7-20-12(9-16)15(18)19)13-11-4-2-1-3-10(11)5-8-21-13/h1-4,12-13H,5-9H2,(H,18,19). The van der Waals surface area contributed by atoms with E-state index in [-0.39, 0.29) is 24.3 Å². The second-order valence-electron chi connectivity index (χ2n) is 5.18. The van der Waals surface area contributed by atoms with Gasteiger partial charge in [0.25, 0.3) is 0 Å². The highest BCUT2D eigenvalue weighted by Crippen LogP contribution is 2.38. The Labute approximate surface area is 127 Å². The fourth-order valence-corrected chi connectivity index (χ4v) is 4.04. The van der Waals surface area contributed by atoms with Crippen molar-refractivity contribution in [3.63, 3.8) is 0 Å². The topological polar surface area (TPSA) is 66.8 Å². The monoisotopic (exact) mass is 307 g/mol. The van der Waals surface area contributed by atoms with E-state index in [1.165, 1.54) is 5.56 Å². The molecule has 1 fully saturated rings. The normalized spacial score (nSPS) is 25.2. The van der Waals surface area contributed by atoms with Crippen LogP contribution in [-0.2, 0) is 20.7 Å². The number of hydrogen-bond acceptors (Lipinski definition) is 4. The van der Waals surface area contributed by atoms with Gasteiger partial charge in [-0.25, -0.2) is 4.79 Å². The number of benzene rings is 1. The Morgan fingerprint density at radius 3 is 2.95 bits per heavy atom. The number of ether oxygens (including phenoxy) is 1. The lowest BCUT2D eigenvalue weighted by Gasteiger charge is -2.34. The summed E-state index contributed by atoms with van der Waals surface area (Å²) in [5.41, 5.74) is 2.29. The molecular weight excluding hydrogens is 290 g/mol. The minimum Gasteiger partial charge on any atom is -0.479 e. The van der Waals surface area contributed by atoms with Gasteiger partial charge in [-0.3, -0.25) is 4.79 Å². The van der Waals surface area contributed by atoms with Crippen molar-refractivity contribution in [2.24, 2.45) is 0 Å². The van der Waals surface area contributed by atoms with Crippen molar-refractivity contribution >= 4 is 23.6 Å². The molecule has 2 aliphatic rings. The Hall–Kier alpha value is -1.53. The number of carboxylic acid groups (broad SMARTS) is 1. The molecule has 0 aliphatic carbocycles. The molecule has 0 spiro atoms. The summed E-state index contributed by atoms with van der Waals surface area (Å²) in [6, 6.07) is 8.00. The number of carbonyl (C=O) groups excluding carboxylic acids is 1. The van der Waals surface area contributed by atoms with E-state index >= 15 is 0 Å². The SMILES string of the molecule is O=C(O)C1CN(C(=O)C2SCCc3ccccc32)CCO1. The van der Waals surface area contributed by atoms with E-state index in [0.29, 0.717) is 6.54 Å². The highest BCUT2D eigenvalue weighted by atomic mass is 32.2. The molecule has 0 saturated carbocycles. The summed E-state index contributed by atoms with van der Waals surface area (Å²) in [5.74, 6) is -0.0916. The van der Waals surface area contributed by atoms with Crippen LogP contribution in [0.25, 0.3) is 0 Å². The van der Waals surface area contributed by atoms with Gasteiger partial charge in [0.2, 0.25) is 5.91 Å². The van der Waals surface area contributed by atoms with Crippen molar-refractivity contribution in [3.8, 4) is 0 Å². The zero-order valence-electron chi connectivity index (χ0n) is 11.5. The van der Waals surface area contributed by atoms with E-state index in [4.69, 9.17) is 9.84 Å². The van der Waals surface area contributed by atoms with Gasteiger partial charge in [0.15, 0.2) is 6.10 Å². The quantitative estimate of drug-likeness (QED) is 0.893. The minimum atomic E-state index is -1.01. The van der Waals surface area contributed by atoms with Crippen LogP contribution in [0.1, 0.15) is 16.4 Å². The molecule has 1 saturated heterocycles. The lowest BCUT2D eigenvalue weighted by Crippen LogP contribution is -2.49. The fourth-order valence-electron chi connectivity index (χ4n) is 2.76. The molecule has 0 bridgehead atoms. The number of morpholine rings is 1. The second kappa shape index (κ2) is 6.07. The Bertz CT molecular complexity index is 562. The zero-order chi connectivity index (χ0) is 14.8. The predicted molar refractivity (Wildman–Crippen MR) is 79.3 cm³/mol. The van der Waals surface area contributed by atoms with Gasteiger partial charge in [-0.1, -0.05) is 24.3 Å². The number of nitrogens with zero attached hydrogens (tertiary/aromatic N) is 1. The van der Waals surface area contributed by atoms with Gasteiger partial charge < -0.3 is 14.7 Å². The first kappa shape index (κ1) is 14.4. The number of aliphatic carboxylic acids is 1. The lowest BCUT2D eigenvalue weighted by atomic mass is 10.0. The number of hydrogen-bond donors (Lipinski definition) is 1. The van der Waals surface area contributed by atoms with Gasteiger partial charge in [0, 0.05) is 6.54 Å². The van der Waals surface area contributed by atoms with Crippen LogP contribution in [0.2, 0.25) is 0 Å². The van der Waals surface area contributed by atoms with Gasteiger partial charge >= 0.3 is 5.97 Å². The van der Waals surface area contributed by atoms with Crippen LogP contribution in [0.5, 0.6) is 0 Å². The van der Waals surface area contributed by atoms with Gasteiger partial charge in [0.1, 0.15) is 5.25 Å². The van der Waals surface area contributed by atoms with Crippen molar-refractivity contribution in [1.82, 2.24) is 4.90 Å².